The Bertz CT molecular complexity index is 1540. The standard InChI is InChI=1S/C28H32O15/c1-9-5-14(31)17-15(6-9)41-25(11-3-4-12(29)13(30)7-11)26(20(17)34)43-28-24(38)22(36)19(33)16(42-28)8-39-27-23(37)21(35)18(32)10(2)40-27/h3-7,10,16,18-19,21-24,27-33,35-38H,8H2,1-2H3/t10-,16+,18-,19+,21+,22-,23+,24+,27+,28-/m0/s1. The number of ether oxygens (including phenoxy) is 4. The third kappa shape index (κ3) is 5.74. The molecule has 2 aliphatic heterocycles. The summed E-state index contributed by atoms with van der Waals surface area (Å²) in [4.78, 5) is 13.7. The van der Waals surface area contributed by atoms with Gasteiger partial charge in [0.15, 0.2) is 23.5 Å². The molecule has 43 heavy (non-hydrogen) atoms. The van der Waals surface area contributed by atoms with Gasteiger partial charge in [-0.15, -0.1) is 0 Å². The lowest BCUT2D eigenvalue weighted by atomic mass is 9.98. The van der Waals surface area contributed by atoms with E-state index in [0.717, 1.165) is 12.1 Å². The van der Waals surface area contributed by atoms with Crippen molar-refractivity contribution in [1.82, 2.24) is 0 Å². The lowest BCUT2D eigenvalue weighted by molar-refractivity contribution is -0.318. The summed E-state index contributed by atoms with van der Waals surface area (Å²) < 4.78 is 28.1. The molecule has 0 amide bonds. The molecule has 10 atom stereocenters. The van der Waals surface area contributed by atoms with E-state index in [4.69, 9.17) is 23.4 Å². The van der Waals surface area contributed by atoms with E-state index < -0.39 is 96.4 Å². The van der Waals surface area contributed by atoms with Crippen molar-refractivity contribution in [3.63, 3.8) is 0 Å². The van der Waals surface area contributed by atoms with Crippen LogP contribution in [0.5, 0.6) is 23.0 Å². The summed E-state index contributed by atoms with van der Waals surface area (Å²) in [5, 5.41) is 92.0. The summed E-state index contributed by atoms with van der Waals surface area (Å²) in [5.41, 5.74) is -0.354. The molecule has 0 spiro atoms. The van der Waals surface area contributed by atoms with E-state index in [0.29, 0.717) is 5.56 Å². The van der Waals surface area contributed by atoms with Gasteiger partial charge < -0.3 is 69.3 Å². The summed E-state index contributed by atoms with van der Waals surface area (Å²) >= 11 is 0. The van der Waals surface area contributed by atoms with Gasteiger partial charge in [-0.1, -0.05) is 0 Å². The fourth-order valence-corrected chi connectivity index (χ4v) is 4.99. The molecule has 234 valence electrons. The van der Waals surface area contributed by atoms with Crippen LogP contribution in [0.4, 0.5) is 0 Å². The quantitative estimate of drug-likeness (QED) is 0.151. The summed E-state index contributed by atoms with van der Waals surface area (Å²) in [6.07, 6.45) is -15.9. The van der Waals surface area contributed by atoms with Gasteiger partial charge in [0.05, 0.1) is 12.7 Å². The van der Waals surface area contributed by atoms with Crippen LogP contribution < -0.4 is 10.2 Å². The fourth-order valence-electron chi connectivity index (χ4n) is 4.99. The molecule has 2 aliphatic rings. The first kappa shape index (κ1) is 30.9. The predicted molar refractivity (Wildman–Crippen MR) is 143 cm³/mol. The van der Waals surface area contributed by atoms with Gasteiger partial charge in [0.25, 0.3) is 0 Å². The smallest absolute Gasteiger partial charge is 0.239 e. The van der Waals surface area contributed by atoms with E-state index >= 15 is 0 Å². The number of aromatic hydroxyl groups is 3. The molecule has 15 heteroatoms. The van der Waals surface area contributed by atoms with Crippen molar-refractivity contribution in [2.75, 3.05) is 6.61 Å². The Hall–Kier alpha value is -3.51. The number of hydrogen-bond donors (Lipinski definition) is 9. The zero-order chi connectivity index (χ0) is 31.3. The first-order valence-electron chi connectivity index (χ1n) is 13.3. The van der Waals surface area contributed by atoms with Crippen LogP contribution in [0.3, 0.4) is 0 Å². The SMILES string of the molecule is Cc1cc(O)c2c(=O)c(O[C@@H]3O[C@H](CO[C@@H]4O[C@@H](C)[C@H](O)[C@@H](O)[C@H]4O)[C@@H](O)[C@H](O)[C@H]3O)c(-c3ccc(O)c(O)c3)oc2c1. The number of fused-ring (bicyclic) bond motifs is 1. The largest absolute Gasteiger partial charge is 0.507 e. The number of benzene rings is 2. The molecule has 0 bridgehead atoms. The van der Waals surface area contributed by atoms with Crippen LogP contribution in [0.1, 0.15) is 12.5 Å². The second kappa shape index (κ2) is 11.9. The van der Waals surface area contributed by atoms with Gasteiger partial charge in [-0.2, -0.15) is 0 Å². The topological polar surface area (TPSA) is 249 Å². The van der Waals surface area contributed by atoms with Gasteiger partial charge in [0.2, 0.25) is 17.5 Å². The molecule has 0 saturated carbocycles. The Kier molecular flexibility index (Phi) is 8.54. The monoisotopic (exact) mass is 608 g/mol. The highest BCUT2D eigenvalue weighted by atomic mass is 16.7. The van der Waals surface area contributed by atoms with Crippen LogP contribution >= 0.6 is 0 Å². The summed E-state index contributed by atoms with van der Waals surface area (Å²) in [6.45, 7) is 2.51. The number of rotatable bonds is 6. The first-order valence-corrected chi connectivity index (χ1v) is 13.3. The Balaban J connectivity index is 1.48. The molecule has 3 aromatic rings. The van der Waals surface area contributed by atoms with E-state index in [2.05, 4.69) is 0 Å². The summed E-state index contributed by atoms with van der Waals surface area (Å²) in [7, 11) is 0. The molecule has 2 saturated heterocycles. The zero-order valence-corrected chi connectivity index (χ0v) is 22.8. The molecule has 2 aromatic carbocycles. The minimum absolute atomic E-state index is 0.0446. The van der Waals surface area contributed by atoms with Gasteiger partial charge >= 0.3 is 0 Å². The molecule has 15 nitrogen and oxygen atoms in total. The maximum absolute atomic E-state index is 13.7. The van der Waals surface area contributed by atoms with Crippen LogP contribution in [0, 0.1) is 6.92 Å². The highest BCUT2D eigenvalue weighted by molar-refractivity contribution is 5.87. The summed E-state index contributed by atoms with van der Waals surface area (Å²) in [5.74, 6) is -2.35. The van der Waals surface area contributed by atoms with Crippen molar-refractivity contribution in [2.45, 2.75) is 75.3 Å². The van der Waals surface area contributed by atoms with Crippen molar-refractivity contribution in [1.29, 1.82) is 0 Å². The molecule has 9 N–H and O–H groups in total. The van der Waals surface area contributed by atoms with Crippen LogP contribution in [0.15, 0.2) is 39.5 Å². The zero-order valence-electron chi connectivity index (χ0n) is 22.8. The van der Waals surface area contributed by atoms with Crippen molar-refractivity contribution >= 4 is 11.0 Å². The maximum atomic E-state index is 13.7. The average Bonchev–Trinajstić information content (AvgIpc) is 2.96. The first-order chi connectivity index (χ1) is 20.3. The van der Waals surface area contributed by atoms with E-state index in [9.17, 15) is 50.8 Å². The molecular formula is C28H32O15. The molecular weight excluding hydrogens is 576 g/mol. The Morgan fingerprint density at radius 3 is 2.14 bits per heavy atom. The Labute approximate surface area is 242 Å². The van der Waals surface area contributed by atoms with Crippen LogP contribution in [0.25, 0.3) is 22.3 Å². The fraction of sp³-hybridized carbons (Fsp3) is 0.464. The number of phenolic OH excluding ortho intramolecular Hbond substituents is 3. The number of aliphatic hydroxyl groups is 6. The minimum atomic E-state index is -1.93. The Morgan fingerprint density at radius 1 is 0.767 bits per heavy atom. The summed E-state index contributed by atoms with van der Waals surface area (Å²) in [6, 6.07) is 6.30. The minimum Gasteiger partial charge on any atom is -0.507 e. The molecule has 0 aliphatic carbocycles. The van der Waals surface area contributed by atoms with E-state index in [1.165, 1.54) is 25.1 Å². The third-order valence-corrected chi connectivity index (χ3v) is 7.45. The van der Waals surface area contributed by atoms with Crippen molar-refractivity contribution in [2.24, 2.45) is 0 Å². The van der Waals surface area contributed by atoms with Gasteiger partial charge in [0, 0.05) is 5.56 Å². The highest BCUT2D eigenvalue weighted by Gasteiger charge is 2.47. The van der Waals surface area contributed by atoms with Crippen LogP contribution in [-0.4, -0.2) is 114 Å². The van der Waals surface area contributed by atoms with Crippen molar-refractivity contribution in [3.05, 3.63) is 46.1 Å². The van der Waals surface area contributed by atoms with Crippen LogP contribution in [0.2, 0.25) is 0 Å². The molecule has 0 radical (unpaired) electrons. The third-order valence-electron chi connectivity index (χ3n) is 7.45. The molecule has 3 heterocycles. The number of phenols is 3. The molecule has 2 fully saturated rings. The van der Waals surface area contributed by atoms with Gasteiger partial charge in [0.1, 0.15) is 59.4 Å². The number of aliphatic hydroxyl groups excluding tert-OH is 6. The normalized spacial score (nSPS) is 33.0. The van der Waals surface area contributed by atoms with E-state index in [1.807, 2.05) is 0 Å². The lowest BCUT2D eigenvalue weighted by Gasteiger charge is -2.42. The van der Waals surface area contributed by atoms with Crippen molar-refractivity contribution < 1.29 is 69.3 Å². The molecule has 0 unspecified atom stereocenters. The lowest BCUT2D eigenvalue weighted by Crippen LogP contribution is -2.61. The Morgan fingerprint density at radius 2 is 1.44 bits per heavy atom. The molecule has 5 rings (SSSR count). The predicted octanol–water partition coefficient (Wildman–Crippen LogP) is -1.08. The molecule has 1 aromatic heterocycles. The number of aryl methyl sites for hydroxylation is 1. The van der Waals surface area contributed by atoms with Gasteiger partial charge in [-0.05, 0) is 49.7 Å². The van der Waals surface area contributed by atoms with E-state index in [-0.39, 0.29) is 22.3 Å². The van der Waals surface area contributed by atoms with Gasteiger partial charge in [-0.25, -0.2) is 0 Å². The number of hydrogen-bond acceptors (Lipinski definition) is 15. The second-order valence-electron chi connectivity index (χ2n) is 10.6. The van der Waals surface area contributed by atoms with E-state index in [1.54, 1.807) is 6.92 Å². The van der Waals surface area contributed by atoms with Crippen LogP contribution in [-0.2, 0) is 14.2 Å². The second-order valence-corrected chi connectivity index (χ2v) is 10.6. The van der Waals surface area contributed by atoms with Gasteiger partial charge in [-0.3, -0.25) is 4.79 Å². The highest BCUT2D eigenvalue weighted by Crippen LogP contribution is 2.38. The van der Waals surface area contributed by atoms with Crippen molar-refractivity contribution in [3.8, 4) is 34.3 Å². The maximum Gasteiger partial charge on any atom is 0.239 e. The average molecular weight is 609 g/mol.